The standard InChI is InChI=1S/C20H20FN3O/c21-17-8-9-19(16(11-17)12-22)23-13-14-4-3-7-18(10-14)24-20(25)15-5-1-2-6-15/h3-4,7-11,15,23H,1-2,5-6,13H2,(H,24,25). The lowest BCUT2D eigenvalue weighted by Gasteiger charge is -2.12. The van der Waals surface area contributed by atoms with Crippen molar-refractivity contribution >= 4 is 17.3 Å². The van der Waals surface area contributed by atoms with Crippen LogP contribution in [0.25, 0.3) is 0 Å². The molecule has 3 rings (SSSR count). The van der Waals surface area contributed by atoms with Gasteiger partial charge in [0.2, 0.25) is 5.91 Å². The van der Waals surface area contributed by atoms with E-state index in [0.717, 1.165) is 36.9 Å². The topological polar surface area (TPSA) is 64.9 Å². The predicted octanol–water partition coefficient (Wildman–Crippen LogP) is 4.44. The van der Waals surface area contributed by atoms with Crippen LogP contribution in [0.3, 0.4) is 0 Å². The summed E-state index contributed by atoms with van der Waals surface area (Å²) in [5.74, 6) is -0.217. The maximum absolute atomic E-state index is 13.2. The molecule has 1 saturated carbocycles. The number of hydrogen-bond acceptors (Lipinski definition) is 3. The maximum atomic E-state index is 13.2. The van der Waals surface area contributed by atoms with Gasteiger partial charge in [-0.25, -0.2) is 4.39 Å². The van der Waals surface area contributed by atoms with E-state index in [0.29, 0.717) is 12.2 Å². The van der Waals surface area contributed by atoms with Crippen LogP contribution in [0.5, 0.6) is 0 Å². The predicted molar refractivity (Wildman–Crippen MR) is 95.5 cm³/mol. The van der Waals surface area contributed by atoms with Crippen molar-refractivity contribution in [2.45, 2.75) is 32.2 Å². The lowest BCUT2D eigenvalue weighted by Crippen LogP contribution is -2.20. The average molecular weight is 337 g/mol. The van der Waals surface area contributed by atoms with E-state index in [1.54, 1.807) is 6.07 Å². The molecule has 128 valence electrons. The molecule has 5 heteroatoms. The summed E-state index contributed by atoms with van der Waals surface area (Å²) in [5, 5.41) is 15.2. The fourth-order valence-electron chi connectivity index (χ4n) is 3.15. The van der Waals surface area contributed by atoms with Crippen molar-refractivity contribution in [2.75, 3.05) is 10.6 Å². The number of nitrogens with one attached hydrogen (secondary N) is 2. The second kappa shape index (κ2) is 7.80. The highest BCUT2D eigenvalue weighted by Crippen LogP contribution is 2.26. The first-order valence-electron chi connectivity index (χ1n) is 8.49. The first kappa shape index (κ1) is 17.0. The molecule has 0 spiro atoms. The zero-order valence-corrected chi connectivity index (χ0v) is 13.9. The molecule has 0 aromatic heterocycles. The first-order chi connectivity index (χ1) is 12.2. The Hall–Kier alpha value is -2.87. The molecule has 2 N–H and O–H groups in total. The largest absolute Gasteiger partial charge is 0.380 e. The van der Waals surface area contributed by atoms with Crippen molar-refractivity contribution in [3.8, 4) is 6.07 Å². The van der Waals surface area contributed by atoms with Crippen molar-refractivity contribution in [2.24, 2.45) is 5.92 Å². The number of hydrogen-bond donors (Lipinski definition) is 2. The van der Waals surface area contributed by atoms with Crippen LogP contribution in [0.2, 0.25) is 0 Å². The lowest BCUT2D eigenvalue weighted by molar-refractivity contribution is -0.119. The number of carbonyl (C=O) groups is 1. The van der Waals surface area contributed by atoms with Crippen molar-refractivity contribution in [1.82, 2.24) is 0 Å². The normalized spacial score (nSPS) is 14.1. The quantitative estimate of drug-likeness (QED) is 0.848. The summed E-state index contributed by atoms with van der Waals surface area (Å²) in [7, 11) is 0. The number of benzene rings is 2. The van der Waals surface area contributed by atoms with E-state index in [2.05, 4.69) is 10.6 Å². The Morgan fingerprint density at radius 1 is 1.20 bits per heavy atom. The molecular formula is C20H20FN3O. The van der Waals surface area contributed by atoms with Crippen LogP contribution in [0.4, 0.5) is 15.8 Å². The van der Waals surface area contributed by atoms with E-state index in [1.807, 2.05) is 30.3 Å². The lowest BCUT2D eigenvalue weighted by atomic mass is 10.1. The van der Waals surface area contributed by atoms with Crippen LogP contribution in [0.1, 0.15) is 36.8 Å². The van der Waals surface area contributed by atoms with Crippen molar-refractivity contribution in [3.05, 3.63) is 59.4 Å². The molecule has 0 heterocycles. The molecular weight excluding hydrogens is 317 g/mol. The SMILES string of the molecule is N#Cc1cc(F)ccc1NCc1cccc(NC(=O)C2CCCC2)c1. The second-order valence-corrected chi connectivity index (χ2v) is 6.33. The number of halogens is 1. The first-order valence-corrected chi connectivity index (χ1v) is 8.49. The third-order valence-electron chi connectivity index (χ3n) is 4.51. The molecule has 0 radical (unpaired) electrons. The molecule has 1 aliphatic carbocycles. The number of nitrogens with zero attached hydrogens (tertiary/aromatic N) is 1. The van der Waals surface area contributed by atoms with E-state index in [-0.39, 0.29) is 17.4 Å². The van der Waals surface area contributed by atoms with E-state index < -0.39 is 5.82 Å². The minimum absolute atomic E-state index is 0.0907. The van der Waals surface area contributed by atoms with Crippen LogP contribution in [-0.4, -0.2) is 5.91 Å². The molecule has 0 unspecified atom stereocenters. The zero-order chi connectivity index (χ0) is 17.6. The van der Waals surface area contributed by atoms with Gasteiger partial charge in [-0.3, -0.25) is 4.79 Å². The van der Waals surface area contributed by atoms with E-state index in [1.165, 1.54) is 12.1 Å². The number of anilines is 2. The van der Waals surface area contributed by atoms with Crippen LogP contribution in [-0.2, 0) is 11.3 Å². The van der Waals surface area contributed by atoms with Crippen molar-refractivity contribution < 1.29 is 9.18 Å². The molecule has 1 amide bonds. The highest BCUT2D eigenvalue weighted by atomic mass is 19.1. The summed E-state index contributed by atoms with van der Waals surface area (Å²) in [6.07, 6.45) is 4.19. The third kappa shape index (κ3) is 4.36. The molecule has 0 saturated heterocycles. The van der Waals surface area contributed by atoms with Gasteiger partial charge in [0.1, 0.15) is 11.9 Å². The Labute approximate surface area is 146 Å². The third-order valence-corrected chi connectivity index (χ3v) is 4.51. The maximum Gasteiger partial charge on any atom is 0.227 e. The summed E-state index contributed by atoms with van der Waals surface area (Å²) in [4.78, 5) is 12.2. The Kier molecular flexibility index (Phi) is 5.30. The molecule has 25 heavy (non-hydrogen) atoms. The summed E-state index contributed by atoms with van der Waals surface area (Å²) >= 11 is 0. The molecule has 1 aliphatic rings. The minimum Gasteiger partial charge on any atom is -0.380 e. The number of carbonyl (C=O) groups excluding carboxylic acids is 1. The van der Waals surface area contributed by atoms with Gasteiger partial charge >= 0.3 is 0 Å². The van der Waals surface area contributed by atoms with Gasteiger partial charge in [-0.2, -0.15) is 5.26 Å². The minimum atomic E-state index is -0.432. The fourth-order valence-corrected chi connectivity index (χ4v) is 3.15. The van der Waals surface area contributed by atoms with Gasteiger partial charge < -0.3 is 10.6 Å². The molecule has 0 aliphatic heterocycles. The zero-order valence-electron chi connectivity index (χ0n) is 13.9. The second-order valence-electron chi connectivity index (χ2n) is 6.33. The summed E-state index contributed by atoms with van der Waals surface area (Å²) in [6.45, 7) is 0.480. The highest BCUT2D eigenvalue weighted by molar-refractivity contribution is 5.92. The monoisotopic (exact) mass is 337 g/mol. The Balaban J connectivity index is 1.64. The molecule has 0 atom stereocenters. The summed E-state index contributed by atoms with van der Waals surface area (Å²) in [6, 6.07) is 13.7. The van der Waals surface area contributed by atoms with E-state index in [9.17, 15) is 9.18 Å². The van der Waals surface area contributed by atoms with E-state index in [4.69, 9.17) is 5.26 Å². The number of amides is 1. The van der Waals surface area contributed by atoms with Gasteiger partial charge in [0.25, 0.3) is 0 Å². The smallest absolute Gasteiger partial charge is 0.227 e. The van der Waals surface area contributed by atoms with Gasteiger partial charge in [-0.1, -0.05) is 25.0 Å². The molecule has 2 aromatic rings. The van der Waals surface area contributed by atoms with Crippen LogP contribution >= 0.6 is 0 Å². The van der Waals surface area contributed by atoms with Gasteiger partial charge in [-0.15, -0.1) is 0 Å². The number of nitriles is 1. The molecule has 0 bridgehead atoms. The van der Waals surface area contributed by atoms with Gasteiger partial charge in [-0.05, 0) is 48.7 Å². The van der Waals surface area contributed by atoms with Crippen LogP contribution in [0.15, 0.2) is 42.5 Å². The summed E-state index contributed by atoms with van der Waals surface area (Å²) in [5.41, 5.74) is 2.60. The van der Waals surface area contributed by atoms with Crippen LogP contribution in [0, 0.1) is 23.1 Å². The average Bonchev–Trinajstić information content (AvgIpc) is 3.15. The Morgan fingerprint density at radius 2 is 2.00 bits per heavy atom. The van der Waals surface area contributed by atoms with Gasteiger partial charge in [0.05, 0.1) is 11.3 Å². The van der Waals surface area contributed by atoms with Crippen molar-refractivity contribution in [3.63, 3.8) is 0 Å². The highest BCUT2D eigenvalue weighted by Gasteiger charge is 2.22. The molecule has 2 aromatic carbocycles. The molecule has 4 nitrogen and oxygen atoms in total. The molecule has 1 fully saturated rings. The number of rotatable bonds is 5. The Morgan fingerprint density at radius 3 is 2.76 bits per heavy atom. The fraction of sp³-hybridized carbons (Fsp3) is 0.300. The van der Waals surface area contributed by atoms with E-state index >= 15 is 0 Å². The summed E-state index contributed by atoms with van der Waals surface area (Å²) < 4.78 is 13.2. The van der Waals surface area contributed by atoms with Gasteiger partial charge in [0.15, 0.2) is 0 Å². The van der Waals surface area contributed by atoms with Crippen LogP contribution < -0.4 is 10.6 Å². The van der Waals surface area contributed by atoms with Gasteiger partial charge in [0, 0.05) is 18.2 Å². The van der Waals surface area contributed by atoms with Crippen molar-refractivity contribution in [1.29, 1.82) is 5.26 Å². The Bertz CT molecular complexity index is 807.